The fraction of sp³-hybridized carbons (Fsp3) is 0.154. The number of benzene rings is 1. The number of hydrogen-bond acceptors (Lipinski definition) is 2. The standard InChI is InChI=1S/C13H14BrFN2O/c1-8(16)7-12(9(2)14)13(18)17-11-5-3-10(15)4-6-11/h3-7H,16H2,1-2H3,(H,17,18)/b8-7+,12-9-. The zero-order valence-corrected chi connectivity index (χ0v) is 11.7. The van der Waals surface area contributed by atoms with Crippen molar-refractivity contribution in [2.24, 2.45) is 5.73 Å². The number of rotatable bonds is 3. The Balaban J connectivity index is 2.90. The molecule has 0 saturated heterocycles. The maximum absolute atomic E-state index is 12.7. The number of hydrogen-bond donors (Lipinski definition) is 2. The summed E-state index contributed by atoms with van der Waals surface area (Å²) in [5.41, 5.74) is 7.04. The Labute approximate surface area is 114 Å². The maximum Gasteiger partial charge on any atom is 0.256 e. The molecule has 1 aromatic rings. The van der Waals surface area contributed by atoms with Crippen molar-refractivity contribution in [3.63, 3.8) is 0 Å². The number of anilines is 1. The molecule has 0 aliphatic heterocycles. The summed E-state index contributed by atoms with van der Waals surface area (Å²) >= 11 is 3.25. The quantitative estimate of drug-likeness (QED) is 0.664. The number of halogens is 2. The second kappa shape index (κ2) is 6.35. The second-order valence-electron chi connectivity index (χ2n) is 3.80. The molecule has 1 aromatic carbocycles. The first-order chi connectivity index (χ1) is 8.40. The van der Waals surface area contributed by atoms with E-state index >= 15 is 0 Å². The molecule has 1 amide bonds. The highest BCUT2D eigenvalue weighted by molar-refractivity contribution is 9.11. The van der Waals surface area contributed by atoms with Crippen LogP contribution in [0.3, 0.4) is 0 Å². The van der Waals surface area contributed by atoms with Crippen molar-refractivity contribution in [2.45, 2.75) is 13.8 Å². The molecule has 0 atom stereocenters. The van der Waals surface area contributed by atoms with Crippen molar-refractivity contribution < 1.29 is 9.18 Å². The van der Waals surface area contributed by atoms with Gasteiger partial charge in [0, 0.05) is 15.9 Å². The van der Waals surface area contributed by atoms with Crippen molar-refractivity contribution in [3.05, 3.63) is 51.9 Å². The summed E-state index contributed by atoms with van der Waals surface area (Å²) in [6.07, 6.45) is 1.57. The second-order valence-corrected chi connectivity index (χ2v) is 4.99. The van der Waals surface area contributed by atoms with E-state index in [-0.39, 0.29) is 11.7 Å². The third-order valence-corrected chi connectivity index (χ3v) is 2.52. The van der Waals surface area contributed by atoms with E-state index in [1.165, 1.54) is 24.3 Å². The summed E-state index contributed by atoms with van der Waals surface area (Å²) in [6.45, 7) is 3.44. The summed E-state index contributed by atoms with van der Waals surface area (Å²) in [7, 11) is 0. The van der Waals surface area contributed by atoms with Crippen molar-refractivity contribution in [1.29, 1.82) is 0 Å². The number of nitrogens with one attached hydrogen (secondary N) is 1. The summed E-state index contributed by atoms with van der Waals surface area (Å²) in [4.78, 5) is 12.0. The predicted molar refractivity (Wildman–Crippen MR) is 74.6 cm³/mol. The number of carbonyl (C=O) groups is 1. The smallest absolute Gasteiger partial charge is 0.256 e. The monoisotopic (exact) mass is 312 g/mol. The van der Waals surface area contributed by atoms with Gasteiger partial charge in [-0.1, -0.05) is 15.9 Å². The first-order valence-corrected chi connectivity index (χ1v) is 6.06. The van der Waals surface area contributed by atoms with E-state index in [4.69, 9.17) is 5.73 Å². The molecule has 3 nitrogen and oxygen atoms in total. The lowest BCUT2D eigenvalue weighted by Crippen LogP contribution is -2.14. The van der Waals surface area contributed by atoms with Gasteiger partial charge in [0.1, 0.15) is 5.82 Å². The largest absolute Gasteiger partial charge is 0.402 e. The highest BCUT2D eigenvalue weighted by Gasteiger charge is 2.10. The van der Waals surface area contributed by atoms with E-state index in [1.54, 1.807) is 19.9 Å². The Bertz CT molecular complexity index is 498. The van der Waals surface area contributed by atoms with Gasteiger partial charge in [0.05, 0.1) is 5.57 Å². The Kier molecular flexibility index (Phi) is 5.09. The molecule has 3 N–H and O–H groups in total. The van der Waals surface area contributed by atoms with Crippen molar-refractivity contribution in [3.8, 4) is 0 Å². The fourth-order valence-corrected chi connectivity index (χ4v) is 1.58. The van der Waals surface area contributed by atoms with Gasteiger partial charge in [-0.2, -0.15) is 0 Å². The van der Waals surface area contributed by atoms with Crippen LogP contribution in [-0.2, 0) is 4.79 Å². The van der Waals surface area contributed by atoms with E-state index in [1.807, 2.05) is 0 Å². The van der Waals surface area contributed by atoms with Crippen LogP contribution in [0.5, 0.6) is 0 Å². The molecular weight excluding hydrogens is 299 g/mol. The minimum Gasteiger partial charge on any atom is -0.402 e. The van der Waals surface area contributed by atoms with E-state index in [9.17, 15) is 9.18 Å². The molecule has 0 aliphatic rings. The SMILES string of the molecule is C/C(Br)=C(\C=C(/C)N)C(=O)Nc1ccc(F)cc1. The van der Waals surface area contributed by atoms with Gasteiger partial charge in [-0.15, -0.1) is 0 Å². The summed E-state index contributed by atoms with van der Waals surface area (Å²) in [5, 5.41) is 2.66. The number of amides is 1. The molecule has 0 radical (unpaired) electrons. The van der Waals surface area contributed by atoms with Gasteiger partial charge in [-0.3, -0.25) is 4.79 Å². The van der Waals surface area contributed by atoms with Crippen LogP contribution in [0.4, 0.5) is 10.1 Å². The van der Waals surface area contributed by atoms with Crippen LogP contribution in [0.15, 0.2) is 46.1 Å². The molecule has 0 fully saturated rings. The summed E-state index contributed by atoms with van der Waals surface area (Å²) in [5.74, 6) is -0.654. The molecule has 0 aliphatic carbocycles. The van der Waals surface area contributed by atoms with Gasteiger partial charge < -0.3 is 11.1 Å². The number of carbonyl (C=O) groups excluding carboxylic acids is 1. The van der Waals surface area contributed by atoms with Crippen molar-refractivity contribution in [1.82, 2.24) is 0 Å². The van der Waals surface area contributed by atoms with Crippen molar-refractivity contribution in [2.75, 3.05) is 5.32 Å². The van der Waals surface area contributed by atoms with E-state index < -0.39 is 0 Å². The predicted octanol–water partition coefficient (Wildman–Crippen LogP) is 3.30. The molecule has 5 heteroatoms. The van der Waals surface area contributed by atoms with Gasteiger partial charge in [0.25, 0.3) is 5.91 Å². The lowest BCUT2D eigenvalue weighted by molar-refractivity contribution is -0.112. The number of nitrogens with two attached hydrogens (primary N) is 1. The average molecular weight is 313 g/mol. The Morgan fingerprint density at radius 3 is 2.33 bits per heavy atom. The van der Waals surface area contributed by atoms with Crippen LogP contribution in [0.25, 0.3) is 0 Å². The van der Waals surface area contributed by atoms with Gasteiger partial charge in [0.15, 0.2) is 0 Å². The molecular formula is C13H14BrFN2O. The zero-order valence-electron chi connectivity index (χ0n) is 10.1. The van der Waals surface area contributed by atoms with E-state index in [0.29, 0.717) is 21.4 Å². The summed E-state index contributed by atoms with van der Waals surface area (Å²) < 4.78 is 13.4. The molecule has 0 bridgehead atoms. The van der Waals surface area contributed by atoms with Crippen LogP contribution >= 0.6 is 15.9 Å². The van der Waals surface area contributed by atoms with Gasteiger partial charge in [-0.05, 0) is 44.2 Å². The minimum absolute atomic E-state index is 0.305. The van der Waals surface area contributed by atoms with Gasteiger partial charge in [-0.25, -0.2) is 4.39 Å². The van der Waals surface area contributed by atoms with Crippen LogP contribution < -0.4 is 11.1 Å². The van der Waals surface area contributed by atoms with E-state index in [0.717, 1.165) is 0 Å². The summed E-state index contributed by atoms with van der Waals surface area (Å²) in [6, 6.07) is 5.55. The highest BCUT2D eigenvalue weighted by atomic mass is 79.9. The Morgan fingerprint density at radius 2 is 1.89 bits per heavy atom. The topological polar surface area (TPSA) is 55.1 Å². The normalized spacial score (nSPS) is 13.0. The molecule has 0 aromatic heterocycles. The lowest BCUT2D eigenvalue weighted by atomic mass is 10.2. The van der Waals surface area contributed by atoms with Crippen molar-refractivity contribution >= 4 is 27.5 Å². The average Bonchev–Trinajstić information content (AvgIpc) is 2.28. The van der Waals surface area contributed by atoms with Gasteiger partial charge in [0.2, 0.25) is 0 Å². The Morgan fingerprint density at radius 1 is 1.33 bits per heavy atom. The molecule has 18 heavy (non-hydrogen) atoms. The molecule has 96 valence electrons. The van der Waals surface area contributed by atoms with Crippen LogP contribution in [0.2, 0.25) is 0 Å². The molecule has 0 unspecified atom stereocenters. The van der Waals surface area contributed by atoms with E-state index in [2.05, 4.69) is 21.2 Å². The third kappa shape index (κ3) is 4.33. The molecule has 0 spiro atoms. The third-order valence-electron chi connectivity index (χ3n) is 2.09. The molecule has 0 heterocycles. The number of allylic oxidation sites excluding steroid dienone is 2. The van der Waals surface area contributed by atoms with Gasteiger partial charge >= 0.3 is 0 Å². The first-order valence-electron chi connectivity index (χ1n) is 5.27. The van der Waals surface area contributed by atoms with Crippen LogP contribution in [0.1, 0.15) is 13.8 Å². The molecule has 0 saturated carbocycles. The Hall–Kier alpha value is -1.62. The maximum atomic E-state index is 12.7. The minimum atomic E-state index is -0.349. The molecule has 1 rings (SSSR count). The highest BCUT2D eigenvalue weighted by Crippen LogP contribution is 2.16. The first kappa shape index (κ1) is 14.4. The lowest BCUT2D eigenvalue weighted by Gasteiger charge is -2.07. The fourth-order valence-electron chi connectivity index (χ4n) is 1.28. The van der Waals surface area contributed by atoms with Crippen LogP contribution in [0, 0.1) is 5.82 Å². The zero-order chi connectivity index (χ0) is 13.7. The van der Waals surface area contributed by atoms with Crippen LogP contribution in [-0.4, -0.2) is 5.91 Å².